The van der Waals surface area contributed by atoms with Crippen molar-refractivity contribution in [2.24, 2.45) is 11.8 Å². The Kier molecular flexibility index (Phi) is 15.2. The topological polar surface area (TPSA) is 172 Å². The summed E-state index contributed by atoms with van der Waals surface area (Å²) in [4.78, 5) is 60.6. The van der Waals surface area contributed by atoms with Crippen molar-refractivity contribution in [3.8, 4) is 0 Å². The first-order valence-electron chi connectivity index (χ1n) is 17.8. The molecule has 0 radical (unpaired) electrons. The normalized spacial score (nSPS) is 13.6. The van der Waals surface area contributed by atoms with Crippen LogP contribution in [0, 0.1) is 11.8 Å². The number of alkyl carbamates (subject to hydrolysis) is 1. The van der Waals surface area contributed by atoms with Crippen LogP contribution in [0.25, 0.3) is 10.8 Å². The molecule has 1 heterocycles. The number of rotatable bonds is 19. The Labute approximate surface area is 305 Å². The number of amides is 3. The Hall–Kier alpha value is -5.23. The maximum atomic E-state index is 14.1. The first-order valence-corrected chi connectivity index (χ1v) is 17.8. The van der Waals surface area contributed by atoms with E-state index in [9.17, 15) is 24.3 Å². The second-order valence-corrected chi connectivity index (χ2v) is 13.9. The third-order valence-corrected chi connectivity index (χ3v) is 8.47. The number of aromatic nitrogens is 2. The standard InChI is InChI=1S/C40H51N5O7/c1-26(2)19-33(36(46)17-18-37(47)51-23-27(3)4)43-39(49)35(21-31-22-41-25-42-31)44-38(48)34(45-40(50)52-24-28-11-6-5-7-12-28)20-30-15-10-14-29-13-8-9-16-32(29)30/h5-16,22,25-27,33-36,46H,17-21,23-24H2,1-4H3,(H,41,42)(H,43,49)(H,44,48)(H,45,50)/t33-,34+,35?,36-/m0/s1. The zero-order valence-corrected chi connectivity index (χ0v) is 30.3. The van der Waals surface area contributed by atoms with Gasteiger partial charge in [-0.1, -0.05) is 100 Å². The first-order chi connectivity index (χ1) is 25.0. The number of fused-ring (bicyclic) bond motifs is 1. The molecule has 0 aliphatic rings. The summed E-state index contributed by atoms with van der Waals surface area (Å²) < 4.78 is 10.7. The number of imidazole rings is 1. The van der Waals surface area contributed by atoms with E-state index < -0.39 is 48.1 Å². The Morgan fingerprint density at radius 1 is 0.788 bits per heavy atom. The molecular formula is C40H51N5O7. The fourth-order valence-electron chi connectivity index (χ4n) is 5.80. The number of H-pyrrole nitrogens is 1. The van der Waals surface area contributed by atoms with Gasteiger partial charge in [-0.25, -0.2) is 9.78 Å². The summed E-state index contributed by atoms with van der Waals surface area (Å²) in [7, 11) is 0. The number of aromatic amines is 1. The molecule has 1 unspecified atom stereocenters. The van der Waals surface area contributed by atoms with Crippen LogP contribution in [0.4, 0.5) is 4.79 Å². The maximum absolute atomic E-state index is 14.1. The highest BCUT2D eigenvalue weighted by Crippen LogP contribution is 2.20. The lowest BCUT2D eigenvalue weighted by atomic mass is 9.95. The molecule has 0 aliphatic heterocycles. The fraction of sp³-hybridized carbons (Fsp3) is 0.425. The molecule has 12 heteroatoms. The van der Waals surface area contributed by atoms with Crippen LogP contribution in [-0.2, 0) is 43.3 Å². The monoisotopic (exact) mass is 713 g/mol. The van der Waals surface area contributed by atoms with Gasteiger partial charge in [-0.2, -0.15) is 0 Å². The molecule has 5 N–H and O–H groups in total. The third-order valence-electron chi connectivity index (χ3n) is 8.47. The number of esters is 1. The number of hydrogen-bond acceptors (Lipinski definition) is 8. The van der Waals surface area contributed by atoms with E-state index in [-0.39, 0.29) is 50.7 Å². The van der Waals surface area contributed by atoms with Crippen molar-refractivity contribution in [3.63, 3.8) is 0 Å². The number of benzene rings is 3. The van der Waals surface area contributed by atoms with E-state index in [1.54, 1.807) is 6.20 Å². The number of aliphatic hydroxyl groups excluding tert-OH is 1. The molecule has 0 saturated carbocycles. The fourth-order valence-corrected chi connectivity index (χ4v) is 5.80. The summed E-state index contributed by atoms with van der Waals surface area (Å²) in [6.45, 7) is 8.10. The van der Waals surface area contributed by atoms with E-state index in [0.717, 1.165) is 21.9 Å². The van der Waals surface area contributed by atoms with Gasteiger partial charge in [0, 0.05) is 25.5 Å². The predicted molar refractivity (Wildman–Crippen MR) is 198 cm³/mol. The molecule has 12 nitrogen and oxygen atoms in total. The van der Waals surface area contributed by atoms with Crippen LogP contribution in [0.3, 0.4) is 0 Å². The first kappa shape index (κ1) is 39.6. The molecule has 3 aromatic carbocycles. The summed E-state index contributed by atoms with van der Waals surface area (Å²) in [6.07, 6.45) is 1.94. The molecule has 4 atom stereocenters. The summed E-state index contributed by atoms with van der Waals surface area (Å²) in [5.41, 5.74) is 2.13. The van der Waals surface area contributed by atoms with Crippen LogP contribution in [0.2, 0.25) is 0 Å². The van der Waals surface area contributed by atoms with Crippen molar-refractivity contribution < 1.29 is 33.8 Å². The number of nitrogens with one attached hydrogen (secondary N) is 4. The average molecular weight is 714 g/mol. The van der Waals surface area contributed by atoms with E-state index in [0.29, 0.717) is 12.1 Å². The van der Waals surface area contributed by atoms with Crippen LogP contribution >= 0.6 is 0 Å². The molecule has 4 aromatic rings. The molecular weight excluding hydrogens is 662 g/mol. The van der Waals surface area contributed by atoms with Crippen molar-refractivity contribution in [1.82, 2.24) is 25.9 Å². The van der Waals surface area contributed by atoms with Crippen molar-refractivity contribution in [2.45, 2.75) is 90.6 Å². The van der Waals surface area contributed by atoms with Crippen molar-refractivity contribution in [3.05, 3.63) is 102 Å². The predicted octanol–water partition coefficient (Wildman–Crippen LogP) is 5.00. The number of carbonyl (C=O) groups excluding carboxylic acids is 4. The van der Waals surface area contributed by atoms with Crippen molar-refractivity contribution >= 4 is 34.6 Å². The Morgan fingerprint density at radius 2 is 1.48 bits per heavy atom. The maximum Gasteiger partial charge on any atom is 0.408 e. The minimum absolute atomic E-state index is 0.00627. The molecule has 0 saturated heterocycles. The van der Waals surface area contributed by atoms with E-state index in [2.05, 4.69) is 25.9 Å². The van der Waals surface area contributed by atoms with Gasteiger partial charge < -0.3 is 35.5 Å². The van der Waals surface area contributed by atoms with Gasteiger partial charge in [-0.05, 0) is 46.6 Å². The summed E-state index contributed by atoms with van der Waals surface area (Å²) in [6, 6.07) is 19.8. The van der Waals surface area contributed by atoms with Gasteiger partial charge in [0.05, 0.1) is 30.8 Å². The second-order valence-electron chi connectivity index (χ2n) is 13.9. The van der Waals surface area contributed by atoms with Crippen LogP contribution in [0.5, 0.6) is 0 Å². The van der Waals surface area contributed by atoms with Crippen molar-refractivity contribution in [2.75, 3.05) is 6.61 Å². The average Bonchev–Trinajstić information content (AvgIpc) is 3.65. The highest BCUT2D eigenvalue weighted by molar-refractivity contribution is 5.93. The number of nitrogens with zero attached hydrogens (tertiary/aromatic N) is 1. The number of ether oxygens (including phenoxy) is 2. The molecule has 0 fully saturated rings. The van der Waals surface area contributed by atoms with Gasteiger partial charge in [0.2, 0.25) is 11.8 Å². The van der Waals surface area contributed by atoms with Crippen LogP contribution in [0.15, 0.2) is 85.3 Å². The quantitative estimate of drug-likeness (QED) is 0.0846. The number of hydrogen-bond donors (Lipinski definition) is 5. The minimum Gasteiger partial charge on any atom is -0.465 e. The van der Waals surface area contributed by atoms with Crippen LogP contribution in [0.1, 0.15) is 63.8 Å². The number of carbonyl (C=O) groups is 4. The zero-order chi connectivity index (χ0) is 37.5. The highest BCUT2D eigenvalue weighted by atomic mass is 16.5. The molecule has 0 bridgehead atoms. The molecule has 0 spiro atoms. The summed E-state index contributed by atoms with van der Waals surface area (Å²) in [5.74, 6) is -1.28. The van der Waals surface area contributed by atoms with E-state index >= 15 is 0 Å². The SMILES string of the molecule is CC(C)COC(=O)CC[C@H](O)[C@H](CC(C)C)NC(=O)C(Cc1c[nH]cn1)NC(=O)[C@@H](Cc1cccc2ccccc12)NC(=O)OCc1ccccc1. The molecule has 278 valence electrons. The molecule has 52 heavy (non-hydrogen) atoms. The Balaban J connectivity index is 1.53. The van der Waals surface area contributed by atoms with Gasteiger partial charge >= 0.3 is 12.1 Å². The van der Waals surface area contributed by atoms with Gasteiger partial charge in [0.15, 0.2) is 0 Å². The number of aliphatic hydroxyl groups is 1. The van der Waals surface area contributed by atoms with Crippen molar-refractivity contribution in [1.29, 1.82) is 0 Å². The third kappa shape index (κ3) is 12.8. The van der Waals surface area contributed by atoms with Crippen LogP contribution in [-0.4, -0.2) is 69.8 Å². The lowest BCUT2D eigenvalue weighted by molar-refractivity contribution is -0.145. The Bertz CT molecular complexity index is 1720. The summed E-state index contributed by atoms with van der Waals surface area (Å²) >= 11 is 0. The van der Waals surface area contributed by atoms with Gasteiger partial charge in [0.25, 0.3) is 0 Å². The molecule has 4 rings (SSSR count). The lowest BCUT2D eigenvalue weighted by Crippen LogP contribution is -2.57. The van der Waals surface area contributed by atoms with Gasteiger partial charge in [-0.15, -0.1) is 0 Å². The minimum atomic E-state index is -1.12. The van der Waals surface area contributed by atoms with E-state index in [4.69, 9.17) is 9.47 Å². The lowest BCUT2D eigenvalue weighted by Gasteiger charge is -2.29. The van der Waals surface area contributed by atoms with E-state index in [1.807, 2.05) is 100 Å². The van der Waals surface area contributed by atoms with Gasteiger partial charge in [0.1, 0.15) is 18.7 Å². The summed E-state index contributed by atoms with van der Waals surface area (Å²) in [5, 5.41) is 21.5. The zero-order valence-electron chi connectivity index (χ0n) is 30.3. The van der Waals surface area contributed by atoms with E-state index in [1.165, 1.54) is 6.33 Å². The van der Waals surface area contributed by atoms with Gasteiger partial charge in [-0.3, -0.25) is 14.4 Å². The molecule has 1 aromatic heterocycles. The Morgan fingerprint density at radius 3 is 2.19 bits per heavy atom. The second kappa shape index (κ2) is 20.0. The highest BCUT2D eigenvalue weighted by Gasteiger charge is 2.31. The smallest absolute Gasteiger partial charge is 0.408 e. The molecule has 3 amide bonds. The molecule has 0 aliphatic carbocycles. The largest absolute Gasteiger partial charge is 0.465 e. The van der Waals surface area contributed by atoms with Crippen LogP contribution < -0.4 is 16.0 Å².